The highest BCUT2D eigenvalue weighted by atomic mass is 16.4. The van der Waals surface area contributed by atoms with Gasteiger partial charge in [0.25, 0.3) is 5.89 Å². The highest BCUT2D eigenvalue weighted by Gasteiger charge is 2.22. The van der Waals surface area contributed by atoms with Crippen LogP contribution in [0.5, 0.6) is 0 Å². The van der Waals surface area contributed by atoms with E-state index in [4.69, 9.17) is 8.83 Å². The molecule has 0 N–H and O–H groups in total. The zero-order valence-electron chi connectivity index (χ0n) is 15.2. The third-order valence-corrected chi connectivity index (χ3v) is 5.24. The van der Waals surface area contributed by atoms with E-state index in [-0.39, 0.29) is 0 Å². The van der Waals surface area contributed by atoms with Crippen LogP contribution in [0.15, 0.2) is 51.5 Å². The van der Waals surface area contributed by atoms with Crippen molar-refractivity contribution in [3.63, 3.8) is 0 Å². The Morgan fingerprint density at radius 1 is 1.15 bits per heavy atom. The Kier molecular flexibility index (Phi) is 5.16. The number of piperidine rings is 1. The summed E-state index contributed by atoms with van der Waals surface area (Å²) in [6.45, 7) is 5.12. The first kappa shape index (κ1) is 17.0. The van der Waals surface area contributed by atoms with Gasteiger partial charge in [0.1, 0.15) is 0 Å². The molecule has 26 heavy (non-hydrogen) atoms. The van der Waals surface area contributed by atoms with Crippen LogP contribution >= 0.6 is 0 Å². The number of likely N-dealkylation sites (tertiary alicyclic amines) is 1. The Morgan fingerprint density at radius 2 is 2.08 bits per heavy atom. The van der Waals surface area contributed by atoms with Crippen LogP contribution in [0.4, 0.5) is 0 Å². The monoisotopic (exact) mass is 351 g/mol. The molecule has 3 aromatic rings. The Balaban J connectivity index is 1.32. The second-order valence-corrected chi connectivity index (χ2v) is 7.19. The first-order valence-corrected chi connectivity index (χ1v) is 9.41. The summed E-state index contributed by atoms with van der Waals surface area (Å²) in [7, 11) is 0. The smallest absolute Gasteiger partial charge is 0.283 e. The largest absolute Gasteiger partial charge is 0.459 e. The molecule has 1 aliphatic rings. The standard InChI is InChI=1S/C21H25N3O2/c1-16-6-2-3-8-18(16)11-10-17-7-4-12-24(14-17)15-20-22-23-21(26-20)19-9-5-13-25-19/h2-3,5-6,8-9,13,17H,4,7,10-12,14-15H2,1H3. The first-order valence-electron chi connectivity index (χ1n) is 9.41. The van der Waals surface area contributed by atoms with Crippen LogP contribution in [0.2, 0.25) is 0 Å². The highest BCUT2D eigenvalue weighted by Crippen LogP contribution is 2.24. The number of hydrogen-bond donors (Lipinski definition) is 0. The van der Waals surface area contributed by atoms with Crippen LogP contribution in [0, 0.1) is 12.8 Å². The summed E-state index contributed by atoms with van der Waals surface area (Å²) in [5.41, 5.74) is 2.88. The molecule has 1 unspecified atom stereocenters. The van der Waals surface area contributed by atoms with Crippen molar-refractivity contribution in [2.45, 2.75) is 39.2 Å². The number of nitrogens with zero attached hydrogens (tertiary/aromatic N) is 3. The molecule has 1 aliphatic heterocycles. The molecule has 2 aromatic heterocycles. The molecular formula is C21H25N3O2. The van der Waals surface area contributed by atoms with E-state index in [9.17, 15) is 0 Å². The molecule has 5 heteroatoms. The van der Waals surface area contributed by atoms with Crippen LogP contribution in [0.3, 0.4) is 0 Å². The molecule has 0 saturated carbocycles. The van der Waals surface area contributed by atoms with E-state index in [1.165, 1.54) is 30.4 Å². The molecule has 1 atom stereocenters. The molecule has 0 amide bonds. The summed E-state index contributed by atoms with van der Waals surface area (Å²) < 4.78 is 11.1. The maximum atomic E-state index is 5.75. The number of aromatic nitrogens is 2. The quantitative estimate of drug-likeness (QED) is 0.655. The molecule has 5 nitrogen and oxygen atoms in total. The number of hydrogen-bond acceptors (Lipinski definition) is 5. The molecule has 1 aromatic carbocycles. The Bertz CT molecular complexity index is 825. The van der Waals surface area contributed by atoms with Crippen molar-refractivity contribution in [1.82, 2.24) is 15.1 Å². The normalized spacial score (nSPS) is 18.3. The second-order valence-electron chi connectivity index (χ2n) is 7.19. The highest BCUT2D eigenvalue weighted by molar-refractivity contribution is 5.42. The van der Waals surface area contributed by atoms with E-state index in [0.717, 1.165) is 25.4 Å². The van der Waals surface area contributed by atoms with Crippen molar-refractivity contribution in [1.29, 1.82) is 0 Å². The molecule has 0 spiro atoms. The van der Waals surface area contributed by atoms with Gasteiger partial charge < -0.3 is 8.83 Å². The van der Waals surface area contributed by atoms with E-state index >= 15 is 0 Å². The summed E-state index contributed by atoms with van der Waals surface area (Å²) in [6.07, 6.45) is 6.56. The lowest BCUT2D eigenvalue weighted by atomic mass is 9.90. The van der Waals surface area contributed by atoms with Gasteiger partial charge in [-0.2, -0.15) is 0 Å². The molecule has 136 valence electrons. The van der Waals surface area contributed by atoms with Crippen LogP contribution in [-0.2, 0) is 13.0 Å². The zero-order valence-corrected chi connectivity index (χ0v) is 15.2. The fourth-order valence-electron chi connectivity index (χ4n) is 3.79. The first-order chi connectivity index (χ1) is 12.8. The van der Waals surface area contributed by atoms with Gasteiger partial charge in [0, 0.05) is 6.54 Å². The third-order valence-electron chi connectivity index (χ3n) is 5.24. The topological polar surface area (TPSA) is 55.3 Å². The Hall–Kier alpha value is -2.40. The fraction of sp³-hybridized carbons (Fsp3) is 0.429. The van der Waals surface area contributed by atoms with Gasteiger partial charge in [-0.15, -0.1) is 10.2 Å². The molecule has 0 radical (unpaired) electrons. The van der Waals surface area contributed by atoms with E-state index in [1.807, 2.05) is 12.1 Å². The molecule has 4 rings (SSSR count). The number of rotatable bonds is 6. The summed E-state index contributed by atoms with van der Waals surface area (Å²) >= 11 is 0. The Labute approximate surface area is 154 Å². The van der Waals surface area contributed by atoms with Gasteiger partial charge in [0.15, 0.2) is 5.76 Å². The predicted octanol–water partition coefficient (Wildman–Crippen LogP) is 4.48. The average Bonchev–Trinajstić information content (AvgIpc) is 3.33. The van der Waals surface area contributed by atoms with Gasteiger partial charge >= 0.3 is 0 Å². The van der Waals surface area contributed by atoms with Crippen LogP contribution in [0.25, 0.3) is 11.7 Å². The van der Waals surface area contributed by atoms with Crippen LogP contribution in [-0.4, -0.2) is 28.2 Å². The summed E-state index contributed by atoms with van der Waals surface area (Å²) in [5, 5.41) is 8.27. The zero-order chi connectivity index (χ0) is 17.8. The van der Waals surface area contributed by atoms with Crippen molar-refractivity contribution in [2.75, 3.05) is 13.1 Å². The number of benzene rings is 1. The van der Waals surface area contributed by atoms with Gasteiger partial charge in [0.05, 0.1) is 12.8 Å². The fourth-order valence-corrected chi connectivity index (χ4v) is 3.79. The lowest BCUT2D eigenvalue weighted by molar-refractivity contribution is 0.150. The van der Waals surface area contributed by atoms with Gasteiger partial charge in [-0.1, -0.05) is 24.3 Å². The van der Waals surface area contributed by atoms with Gasteiger partial charge in [-0.05, 0) is 68.3 Å². The van der Waals surface area contributed by atoms with E-state index in [2.05, 4.69) is 46.3 Å². The van der Waals surface area contributed by atoms with Crippen molar-refractivity contribution < 1.29 is 8.83 Å². The predicted molar refractivity (Wildman–Crippen MR) is 99.5 cm³/mol. The molecular weight excluding hydrogens is 326 g/mol. The molecule has 1 saturated heterocycles. The van der Waals surface area contributed by atoms with Crippen LogP contribution < -0.4 is 0 Å². The second kappa shape index (κ2) is 7.87. The van der Waals surface area contributed by atoms with Crippen molar-refractivity contribution in [3.05, 3.63) is 59.7 Å². The Morgan fingerprint density at radius 3 is 2.92 bits per heavy atom. The minimum absolute atomic E-state index is 0.457. The molecule has 3 heterocycles. The summed E-state index contributed by atoms with van der Waals surface area (Å²) in [4.78, 5) is 2.44. The molecule has 0 aliphatic carbocycles. The van der Waals surface area contributed by atoms with Gasteiger partial charge in [0.2, 0.25) is 5.89 Å². The summed E-state index contributed by atoms with van der Waals surface area (Å²) in [5.74, 6) is 2.48. The van der Waals surface area contributed by atoms with Gasteiger partial charge in [-0.3, -0.25) is 4.90 Å². The summed E-state index contributed by atoms with van der Waals surface area (Å²) in [6, 6.07) is 12.4. The lowest BCUT2D eigenvalue weighted by Crippen LogP contribution is -2.35. The average molecular weight is 351 g/mol. The third kappa shape index (κ3) is 4.05. The lowest BCUT2D eigenvalue weighted by Gasteiger charge is -2.31. The number of aryl methyl sites for hydroxylation is 2. The minimum atomic E-state index is 0.457. The van der Waals surface area contributed by atoms with E-state index < -0.39 is 0 Å². The van der Waals surface area contributed by atoms with E-state index in [1.54, 1.807) is 6.26 Å². The van der Waals surface area contributed by atoms with Crippen LogP contribution in [0.1, 0.15) is 36.3 Å². The molecule has 1 fully saturated rings. The van der Waals surface area contributed by atoms with Crippen molar-refractivity contribution in [3.8, 4) is 11.7 Å². The van der Waals surface area contributed by atoms with E-state index in [0.29, 0.717) is 24.1 Å². The molecule has 0 bridgehead atoms. The maximum Gasteiger partial charge on any atom is 0.283 e. The SMILES string of the molecule is Cc1ccccc1CCC1CCCN(Cc2nnc(-c3ccco3)o2)C1. The van der Waals surface area contributed by atoms with Crippen molar-refractivity contribution >= 4 is 0 Å². The maximum absolute atomic E-state index is 5.75. The minimum Gasteiger partial charge on any atom is -0.459 e. The van der Waals surface area contributed by atoms with Gasteiger partial charge in [-0.25, -0.2) is 0 Å². The van der Waals surface area contributed by atoms with Crippen molar-refractivity contribution in [2.24, 2.45) is 5.92 Å². The number of furan rings is 1.